The van der Waals surface area contributed by atoms with E-state index in [1.165, 1.54) is 0 Å². The molecule has 0 atom stereocenters. The Kier molecular flexibility index (Phi) is 2.65. The summed E-state index contributed by atoms with van der Waals surface area (Å²) in [5, 5.41) is 2.92. The van der Waals surface area contributed by atoms with Crippen LogP contribution >= 0.6 is 12.2 Å². The molecule has 3 heteroatoms. The van der Waals surface area contributed by atoms with Crippen molar-refractivity contribution >= 4 is 17.2 Å². The van der Waals surface area contributed by atoms with Crippen molar-refractivity contribution in [2.45, 2.75) is 19.3 Å². The zero-order valence-electron chi connectivity index (χ0n) is 6.39. The molecule has 3 N–H and O–H groups in total. The zero-order chi connectivity index (χ0) is 8.27. The van der Waals surface area contributed by atoms with E-state index in [4.69, 9.17) is 18.0 Å². The summed E-state index contributed by atoms with van der Waals surface area (Å²) in [5.74, 6) is 0.611. The van der Waals surface area contributed by atoms with Crippen molar-refractivity contribution in [3.8, 4) is 0 Å². The van der Waals surface area contributed by atoms with Crippen LogP contribution in [0.5, 0.6) is 0 Å². The minimum Gasteiger partial charge on any atom is -0.385 e. The highest BCUT2D eigenvalue weighted by molar-refractivity contribution is 7.80. The lowest BCUT2D eigenvalue weighted by atomic mass is 10.1. The van der Waals surface area contributed by atoms with Crippen LogP contribution in [0.1, 0.15) is 19.3 Å². The van der Waals surface area contributed by atoms with Gasteiger partial charge in [0.2, 0.25) is 0 Å². The first-order chi connectivity index (χ1) is 5.18. The van der Waals surface area contributed by atoms with Crippen LogP contribution in [0.4, 0.5) is 0 Å². The fourth-order valence-corrected chi connectivity index (χ4v) is 1.29. The summed E-state index contributed by atoms with van der Waals surface area (Å²) in [6.45, 7) is 3.85. The Morgan fingerprint density at radius 3 is 3.00 bits per heavy atom. The molecule has 0 fully saturated rings. The molecule has 60 valence electrons. The number of hydrogen-bond acceptors (Lipinski definition) is 2. The van der Waals surface area contributed by atoms with Gasteiger partial charge in [-0.15, -0.1) is 0 Å². The van der Waals surface area contributed by atoms with Crippen LogP contribution < -0.4 is 11.1 Å². The van der Waals surface area contributed by atoms with Gasteiger partial charge in [0.15, 0.2) is 0 Å². The fourth-order valence-electron chi connectivity index (χ4n) is 1.03. The topological polar surface area (TPSA) is 38.0 Å². The first kappa shape index (κ1) is 8.27. The van der Waals surface area contributed by atoms with Crippen molar-refractivity contribution < 1.29 is 0 Å². The van der Waals surface area contributed by atoms with E-state index in [0.717, 1.165) is 29.8 Å². The Balaban J connectivity index is 2.69. The molecule has 0 radical (unpaired) electrons. The largest absolute Gasteiger partial charge is 0.385 e. The molecule has 1 rings (SSSR count). The van der Waals surface area contributed by atoms with E-state index in [9.17, 15) is 0 Å². The molecule has 0 saturated heterocycles. The molecule has 0 bridgehead atoms. The second-order valence-electron chi connectivity index (χ2n) is 2.66. The van der Waals surface area contributed by atoms with Gasteiger partial charge in [0, 0.05) is 0 Å². The first-order valence-electron chi connectivity index (χ1n) is 3.63. The van der Waals surface area contributed by atoms with E-state index >= 15 is 0 Å². The number of nitrogens with one attached hydrogen (secondary N) is 1. The molecule has 1 aliphatic heterocycles. The second-order valence-corrected chi connectivity index (χ2v) is 3.15. The highest BCUT2D eigenvalue weighted by Crippen LogP contribution is 2.10. The third-order valence-electron chi connectivity index (χ3n) is 1.55. The molecule has 0 unspecified atom stereocenters. The van der Waals surface area contributed by atoms with Crippen LogP contribution in [-0.4, -0.2) is 4.99 Å². The van der Waals surface area contributed by atoms with Gasteiger partial charge in [0.1, 0.15) is 5.82 Å². The first-order valence-corrected chi connectivity index (χ1v) is 4.04. The predicted octanol–water partition coefficient (Wildman–Crippen LogP) is 1.44. The summed E-state index contributed by atoms with van der Waals surface area (Å²) < 4.78 is 0. The zero-order valence-corrected chi connectivity index (χ0v) is 7.21. The molecule has 11 heavy (non-hydrogen) atoms. The normalized spacial score (nSPS) is 19.8. The molecule has 0 amide bonds. The predicted molar refractivity (Wildman–Crippen MR) is 51.0 cm³/mol. The van der Waals surface area contributed by atoms with E-state index in [1.807, 2.05) is 6.08 Å². The van der Waals surface area contributed by atoms with Gasteiger partial charge in [0.05, 0.1) is 4.99 Å². The van der Waals surface area contributed by atoms with Crippen LogP contribution in [0, 0.1) is 0 Å². The van der Waals surface area contributed by atoms with Crippen LogP contribution in [0.3, 0.4) is 0 Å². The molecule has 1 heterocycles. The SMILES string of the molecule is C=C1C=C(N)NC(=S)CCC1. The van der Waals surface area contributed by atoms with Crippen LogP contribution in [0.25, 0.3) is 0 Å². The molecule has 0 aromatic carbocycles. The summed E-state index contributed by atoms with van der Waals surface area (Å²) in [7, 11) is 0. The molecule has 0 aliphatic carbocycles. The van der Waals surface area contributed by atoms with Crippen LogP contribution in [0.2, 0.25) is 0 Å². The Hall–Kier alpha value is -0.830. The second kappa shape index (κ2) is 3.53. The Morgan fingerprint density at radius 2 is 2.27 bits per heavy atom. The fraction of sp³-hybridized carbons (Fsp3) is 0.375. The van der Waals surface area contributed by atoms with Crippen LogP contribution in [-0.2, 0) is 0 Å². The van der Waals surface area contributed by atoms with Crippen molar-refractivity contribution in [1.29, 1.82) is 0 Å². The average molecular weight is 168 g/mol. The number of allylic oxidation sites excluding steroid dienone is 2. The summed E-state index contributed by atoms with van der Waals surface area (Å²) in [4.78, 5) is 0.825. The maximum Gasteiger partial charge on any atom is 0.101 e. The van der Waals surface area contributed by atoms with Gasteiger partial charge < -0.3 is 11.1 Å². The molecular formula is C8H12N2S. The lowest BCUT2D eigenvalue weighted by Crippen LogP contribution is -2.26. The van der Waals surface area contributed by atoms with Crippen molar-refractivity contribution in [3.05, 3.63) is 24.0 Å². The van der Waals surface area contributed by atoms with Gasteiger partial charge in [0.25, 0.3) is 0 Å². The Morgan fingerprint density at radius 1 is 1.55 bits per heavy atom. The Bertz CT molecular complexity index is 218. The molecule has 0 spiro atoms. The highest BCUT2D eigenvalue weighted by atomic mass is 32.1. The van der Waals surface area contributed by atoms with Crippen molar-refractivity contribution in [2.24, 2.45) is 5.73 Å². The van der Waals surface area contributed by atoms with E-state index in [1.54, 1.807) is 0 Å². The van der Waals surface area contributed by atoms with Gasteiger partial charge in [-0.2, -0.15) is 0 Å². The molecule has 0 saturated carbocycles. The quantitative estimate of drug-likeness (QED) is 0.538. The summed E-state index contributed by atoms with van der Waals surface area (Å²) in [6.07, 6.45) is 4.80. The summed E-state index contributed by atoms with van der Waals surface area (Å²) >= 11 is 5.01. The van der Waals surface area contributed by atoms with E-state index in [2.05, 4.69) is 11.9 Å². The maximum atomic E-state index is 5.59. The minimum atomic E-state index is 0.611. The average Bonchev–Trinajstić information content (AvgIpc) is 1.83. The van der Waals surface area contributed by atoms with Crippen LogP contribution in [0.15, 0.2) is 24.0 Å². The monoisotopic (exact) mass is 168 g/mol. The lowest BCUT2D eigenvalue weighted by Gasteiger charge is -2.12. The third kappa shape index (κ3) is 2.72. The molecular weight excluding hydrogens is 156 g/mol. The lowest BCUT2D eigenvalue weighted by molar-refractivity contribution is 0.840. The number of thiocarbonyl (C=S) groups is 1. The van der Waals surface area contributed by atoms with Crippen molar-refractivity contribution in [3.63, 3.8) is 0 Å². The molecule has 0 aromatic rings. The van der Waals surface area contributed by atoms with E-state index < -0.39 is 0 Å². The van der Waals surface area contributed by atoms with Gasteiger partial charge in [-0.1, -0.05) is 24.4 Å². The number of nitrogens with two attached hydrogens (primary N) is 1. The Labute approximate surface area is 72.2 Å². The maximum absolute atomic E-state index is 5.59. The van der Waals surface area contributed by atoms with Gasteiger partial charge in [-0.05, 0) is 25.3 Å². The van der Waals surface area contributed by atoms with Gasteiger partial charge in [-0.3, -0.25) is 0 Å². The summed E-state index contributed by atoms with van der Waals surface area (Å²) in [5.41, 5.74) is 6.65. The minimum absolute atomic E-state index is 0.611. The molecule has 2 nitrogen and oxygen atoms in total. The van der Waals surface area contributed by atoms with Crippen molar-refractivity contribution in [2.75, 3.05) is 0 Å². The molecule has 1 aliphatic rings. The van der Waals surface area contributed by atoms with Crippen molar-refractivity contribution in [1.82, 2.24) is 5.32 Å². The number of hydrogen-bond donors (Lipinski definition) is 2. The van der Waals surface area contributed by atoms with E-state index in [0.29, 0.717) is 5.82 Å². The molecule has 0 aromatic heterocycles. The number of rotatable bonds is 0. The standard InChI is InChI=1S/C8H12N2S/c1-6-3-2-4-8(11)10-7(9)5-6/h5H,1-4,9H2,(H,10,11). The highest BCUT2D eigenvalue weighted by Gasteiger charge is 2.02. The van der Waals surface area contributed by atoms with Gasteiger partial charge >= 0.3 is 0 Å². The third-order valence-corrected chi connectivity index (χ3v) is 1.85. The smallest absolute Gasteiger partial charge is 0.101 e. The van der Waals surface area contributed by atoms with E-state index in [-0.39, 0.29) is 0 Å². The van der Waals surface area contributed by atoms with Gasteiger partial charge in [-0.25, -0.2) is 0 Å². The summed E-state index contributed by atoms with van der Waals surface area (Å²) in [6, 6.07) is 0.